The fourth-order valence-electron chi connectivity index (χ4n) is 2.04. The molecular formula is C20H23N. The van der Waals surface area contributed by atoms with E-state index in [1.165, 1.54) is 11.3 Å². The molecule has 0 radical (unpaired) electrons. The Balaban J connectivity index is 2.15. The largest absolute Gasteiger partial charge is 0.378 e. The van der Waals surface area contributed by atoms with Crippen molar-refractivity contribution >= 4 is 5.69 Å². The van der Waals surface area contributed by atoms with Crippen LogP contribution >= 0.6 is 0 Å². The highest BCUT2D eigenvalue weighted by atomic mass is 15.1. The SMILES string of the molecule is CN(C)c1ccc(C#Cc2ccc(C(C)(C)C)cc2)cc1. The van der Waals surface area contributed by atoms with Crippen LogP contribution in [0, 0.1) is 11.8 Å². The summed E-state index contributed by atoms with van der Waals surface area (Å²) >= 11 is 0. The first-order valence-electron chi connectivity index (χ1n) is 7.26. The first kappa shape index (κ1) is 15.2. The van der Waals surface area contributed by atoms with Gasteiger partial charge in [-0.25, -0.2) is 0 Å². The molecule has 0 aliphatic carbocycles. The highest BCUT2D eigenvalue weighted by Gasteiger charge is 2.12. The maximum Gasteiger partial charge on any atom is 0.0361 e. The normalized spacial score (nSPS) is 10.7. The molecule has 0 atom stereocenters. The highest BCUT2D eigenvalue weighted by Crippen LogP contribution is 2.22. The molecule has 0 saturated carbocycles. The van der Waals surface area contributed by atoms with Crippen molar-refractivity contribution in [3.05, 3.63) is 65.2 Å². The molecule has 0 aliphatic rings. The molecule has 2 aromatic rings. The molecule has 0 heterocycles. The molecule has 21 heavy (non-hydrogen) atoms. The molecular weight excluding hydrogens is 254 g/mol. The molecule has 0 aliphatic heterocycles. The third-order valence-electron chi connectivity index (χ3n) is 3.49. The predicted octanol–water partition coefficient (Wildman–Crippen LogP) is 4.45. The van der Waals surface area contributed by atoms with Crippen molar-refractivity contribution in [2.75, 3.05) is 19.0 Å². The van der Waals surface area contributed by atoms with Crippen molar-refractivity contribution in [1.82, 2.24) is 0 Å². The molecule has 0 saturated heterocycles. The number of nitrogens with zero attached hydrogens (tertiary/aromatic N) is 1. The minimum absolute atomic E-state index is 0.188. The maximum atomic E-state index is 3.22. The average Bonchev–Trinajstić information content (AvgIpc) is 2.45. The average molecular weight is 277 g/mol. The van der Waals surface area contributed by atoms with Crippen LogP contribution in [0.2, 0.25) is 0 Å². The summed E-state index contributed by atoms with van der Waals surface area (Å²) < 4.78 is 0. The fourth-order valence-corrected chi connectivity index (χ4v) is 2.04. The third kappa shape index (κ3) is 4.13. The van der Waals surface area contributed by atoms with Crippen molar-refractivity contribution < 1.29 is 0 Å². The molecule has 2 aromatic carbocycles. The summed E-state index contributed by atoms with van der Waals surface area (Å²) in [6, 6.07) is 16.8. The quantitative estimate of drug-likeness (QED) is 0.696. The number of rotatable bonds is 1. The van der Waals surface area contributed by atoms with Crippen LogP contribution in [0.5, 0.6) is 0 Å². The van der Waals surface area contributed by atoms with Gasteiger partial charge in [0.25, 0.3) is 0 Å². The minimum atomic E-state index is 0.188. The molecule has 1 heteroatoms. The van der Waals surface area contributed by atoms with Crippen molar-refractivity contribution in [3.8, 4) is 11.8 Å². The van der Waals surface area contributed by atoms with Crippen LogP contribution in [0.3, 0.4) is 0 Å². The standard InChI is InChI=1S/C20H23N/c1-20(2,3)18-12-8-16(9-13-18)6-7-17-10-14-19(15-11-17)21(4)5/h8-15H,1-5H3. The summed E-state index contributed by atoms with van der Waals surface area (Å²) in [6.45, 7) is 6.67. The van der Waals surface area contributed by atoms with E-state index in [0.29, 0.717) is 0 Å². The monoisotopic (exact) mass is 277 g/mol. The summed E-state index contributed by atoms with van der Waals surface area (Å²) in [5.74, 6) is 6.44. The Kier molecular flexibility index (Phi) is 4.38. The Labute approximate surface area is 128 Å². The van der Waals surface area contributed by atoms with E-state index in [0.717, 1.165) is 11.1 Å². The second-order valence-electron chi connectivity index (χ2n) is 6.52. The Morgan fingerprint density at radius 3 is 1.52 bits per heavy atom. The van der Waals surface area contributed by atoms with Gasteiger partial charge in [0.15, 0.2) is 0 Å². The number of hydrogen-bond acceptors (Lipinski definition) is 1. The zero-order valence-electron chi connectivity index (χ0n) is 13.6. The fraction of sp³-hybridized carbons (Fsp3) is 0.300. The van der Waals surface area contributed by atoms with Crippen LogP contribution < -0.4 is 4.90 Å². The van der Waals surface area contributed by atoms with Gasteiger partial charge in [-0.2, -0.15) is 0 Å². The van der Waals surface area contributed by atoms with Gasteiger partial charge in [0.2, 0.25) is 0 Å². The molecule has 0 spiro atoms. The topological polar surface area (TPSA) is 3.24 Å². The molecule has 108 valence electrons. The molecule has 0 unspecified atom stereocenters. The van der Waals surface area contributed by atoms with Crippen LogP contribution in [-0.4, -0.2) is 14.1 Å². The summed E-state index contributed by atoms with van der Waals surface area (Å²) in [7, 11) is 4.08. The van der Waals surface area contributed by atoms with Crippen LogP contribution in [0.25, 0.3) is 0 Å². The first-order valence-corrected chi connectivity index (χ1v) is 7.26. The van der Waals surface area contributed by atoms with E-state index in [1.807, 2.05) is 14.1 Å². The van der Waals surface area contributed by atoms with E-state index in [-0.39, 0.29) is 5.41 Å². The van der Waals surface area contributed by atoms with Gasteiger partial charge in [-0.1, -0.05) is 44.7 Å². The third-order valence-corrected chi connectivity index (χ3v) is 3.49. The lowest BCUT2D eigenvalue weighted by atomic mass is 9.87. The van der Waals surface area contributed by atoms with Gasteiger partial charge in [0.05, 0.1) is 0 Å². The van der Waals surface area contributed by atoms with Gasteiger partial charge >= 0.3 is 0 Å². The lowest BCUT2D eigenvalue weighted by Crippen LogP contribution is -2.10. The van der Waals surface area contributed by atoms with E-state index >= 15 is 0 Å². The Bertz CT molecular complexity index is 644. The summed E-state index contributed by atoms with van der Waals surface area (Å²) in [4.78, 5) is 2.09. The van der Waals surface area contributed by atoms with Gasteiger partial charge in [-0.3, -0.25) is 0 Å². The van der Waals surface area contributed by atoms with E-state index in [9.17, 15) is 0 Å². The van der Waals surface area contributed by atoms with Crippen molar-refractivity contribution in [2.24, 2.45) is 0 Å². The number of benzene rings is 2. The second kappa shape index (κ2) is 6.06. The summed E-state index contributed by atoms with van der Waals surface area (Å²) in [5.41, 5.74) is 4.81. The van der Waals surface area contributed by atoms with Crippen molar-refractivity contribution in [3.63, 3.8) is 0 Å². The zero-order chi connectivity index (χ0) is 15.5. The summed E-state index contributed by atoms with van der Waals surface area (Å²) in [6.07, 6.45) is 0. The molecule has 0 fully saturated rings. The van der Waals surface area contributed by atoms with Crippen LogP contribution in [0.1, 0.15) is 37.5 Å². The Morgan fingerprint density at radius 2 is 1.14 bits per heavy atom. The molecule has 0 N–H and O–H groups in total. The second-order valence-corrected chi connectivity index (χ2v) is 6.52. The lowest BCUT2D eigenvalue weighted by Gasteiger charge is -2.18. The van der Waals surface area contributed by atoms with Gasteiger partial charge in [0, 0.05) is 30.9 Å². The van der Waals surface area contributed by atoms with E-state index in [4.69, 9.17) is 0 Å². The number of hydrogen-bond donors (Lipinski definition) is 0. The van der Waals surface area contributed by atoms with Gasteiger partial charge in [0.1, 0.15) is 0 Å². The molecule has 2 rings (SSSR count). The van der Waals surface area contributed by atoms with Crippen LogP contribution in [0.15, 0.2) is 48.5 Å². The number of anilines is 1. The molecule has 0 aromatic heterocycles. The van der Waals surface area contributed by atoms with E-state index < -0.39 is 0 Å². The minimum Gasteiger partial charge on any atom is -0.378 e. The first-order chi connectivity index (χ1) is 9.86. The van der Waals surface area contributed by atoms with Crippen LogP contribution in [0.4, 0.5) is 5.69 Å². The highest BCUT2D eigenvalue weighted by molar-refractivity contribution is 5.51. The smallest absolute Gasteiger partial charge is 0.0361 e. The lowest BCUT2D eigenvalue weighted by molar-refractivity contribution is 0.590. The molecule has 0 amide bonds. The zero-order valence-corrected chi connectivity index (χ0v) is 13.6. The van der Waals surface area contributed by atoms with E-state index in [1.54, 1.807) is 0 Å². The van der Waals surface area contributed by atoms with E-state index in [2.05, 4.69) is 86.0 Å². The van der Waals surface area contributed by atoms with Crippen molar-refractivity contribution in [1.29, 1.82) is 0 Å². The van der Waals surface area contributed by atoms with Crippen molar-refractivity contribution in [2.45, 2.75) is 26.2 Å². The molecule has 1 nitrogen and oxygen atoms in total. The Morgan fingerprint density at radius 1 is 0.714 bits per heavy atom. The Hall–Kier alpha value is -2.20. The molecule has 0 bridgehead atoms. The predicted molar refractivity (Wildman–Crippen MR) is 91.9 cm³/mol. The van der Waals surface area contributed by atoms with Gasteiger partial charge in [-0.05, 0) is 47.4 Å². The van der Waals surface area contributed by atoms with Crippen LogP contribution in [-0.2, 0) is 5.41 Å². The van der Waals surface area contributed by atoms with Gasteiger partial charge in [-0.15, -0.1) is 0 Å². The summed E-state index contributed by atoms with van der Waals surface area (Å²) in [5, 5.41) is 0. The van der Waals surface area contributed by atoms with Gasteiger partial charge < -0.3 is 4.90 Å². The maximum absolute atomic E-state index is 3.22.